The summed E-state index contributed by atoms with van der Waals surface area (Å²) in [5.41, 5.74) is 0.0860. The van der Waals surface area contributed by atoms with E-state index in [-0.39, 0.29) is 23.8 Å². The van der Waals surface area contributed by atoms with Gasteiger partial charge < -0.3 is 15.2 Å². The minimum absolute atomic E-state index is 0.0895. The fraction of sp³-hybridized carbons (Fsp3) is 0.517. The van der Waals surface area contributed by atoms with E-state index < -0.39 is 41.5 Å². The number of likely N-dealkylation sites (tertiary alicyclic amines) is 1. The number of halogens is 3. The molecular formula is C29H32F3N3O4. The van der Waals surface area contributed by atoms with Gasteiger partial charge in [0.1, 0.15) is 18.0 Å². The summed E-state index contributed by atoms with van der Waals surface area (Å²) in [7, 11) is 0. The van der Waals surface area contributed by atoms with Gasteiger partial charge in [0.05, 0.1) is 5.60 Å². The summed E-state index contributed by atoms with van der Waals surface area (Å²) in [6, 6.07) is 8.10. The summed E-state index contributed by atoms with van der Waals surface area (Å²) in [4.78, 5) is 29.5. The molecule has 39 heavy (non-hydrogen) atoms. The highest BCUT2D eigenvalue weighted by atomic mass is 19.2. The van der Waals surface area contributed by atoms with Crippen LogP contribution in [0.1, 0.15) is 62.1 Å². The molecule has 2 N–H and O–H groups in total. The number of hydrogen-bond donors (Lipinski definition) is 2. The van der Waals surface area contributed by atoms with E-state index in [4.69, 9.17) is 4.74 Å². The third kappa shape index (κ3) is 5.12. The van der Waals surface area contributed by atoms with Crippen molar-refractivity contribution in [3.63, 3.8) is 0 Å². The van der Waals surface area contributed by atoms with Gasteiger partial charge >= 0.3 is 12.1 Å². The largest absolute Gasteiger partial charge is 0.443 e. The normalized spacial score (nSPS) is 31.4. The molecule has 2 heterocycles. The first-order valence-electron chi connectivity index (χ1n) is 13.7. The summed E-state index contributed by atoms with van der Waals surface area (Å²) in [6.07, 6.45) is 3.71. The molecule has 0 spiro atoms. The van der Waals surface area contributed by atoms with Crippen LogP contribution in [0, 0.1) is 23.4 Å². The van der Waals surface area contributed by atoms with Crippen molar-refractivity contribution in [1.82, 2.24) is 15.1 Å². The Morgan fingerprint density at radius 2 is 1.69 bits per heavy atom. The maximum atomic E-state index is 14.1. The van der Waals surface area contributed by atoms with E-state index in [0.29, 0.717) is 31.4 Å². The Kier molecular flexibility index (Phi) is 6.79. The van der Waals surface area contributed by atoms with Gasteiger partial charge in [0.25, 0.3) is 0 Å². The summed E-state index contributed by atoms with van der Waals surface area (Å²) in [5, 5.41) is 14.1. The summed E-state index contributed by atoms with van der Waals surface area (Å²) in [6.45, 7) is 1.38. The molecule has 0 bridgehead atoms. The standard InChI is InChI=1S/C29H32F3N3O4/c30-20-6-4-19(5-7-20)29(38)12-9-22(10-13-29)34-14-11-21(16-34)33-27(36)35-25(18-3-8-23(31)24(32)15-18)26(17-1-2-17)39-28(35)37/h3-8,15,17,21-22,25-26,38H,1-2,9-14,16H2,(H,33,36)/t21-,22?,25+,26+,29?/m1/s1. The zero-order valence-electron chi connectivity index (χ0n) is 21.5. The molecule has 6 rings (SSSR count). The predicted octanol–water partition coefficient (Wildman–Crippen LogP) is 4.99. The second-order valence-electron chi connectivity index (χ2n) is 11.4. The van der Waals surface area contributed by atoms with Crippen molar-refractivity contribution in [2.75, 3.05) is 13.1 Å². The second kappa shape index (κ2) is 10.1. The van der Waals surface area contributed by atoms with Crippen molar-refractivity contribution in [3.8, 4) is 0 Å². The number of urea groups is 1. The van der Waals surface area contributed by atoms with E-state index in [1.807, 2.05) is 0 Å². The lowest BCUT2D eigenvalue weighted by atomic mass is 9.77. The Morgan fingerprint density at radius 3 is 2.36 bits per heavy atom. The van der Waals surface area contributed by atoms with Crippen LogP contribution in [-0.2, 0) is 10.3 Å². The number of nitrogens with zero attached hydrogens (tertiary/aromatic N) is 2. The quantitative estimate of drug-likeness (QED) is 0.556. The first-order valence-corrected chi connectivity index (χ1v) is 13.7. The Hall–Kier alpha value is -3.11. The highest BCUT2D eigenvalue weighted by Gasteiger charge is 2.52. The van der Waals surface area contributed by atoms with Crippen molar-refractivity contribution in [2.45, 2.75) is 74.8 Å². The van der Waals surface area contributed by atoms with Crippen molar-refractivity contribution in [2.24, 2.45) is 5.92 Å². The zero-order chi connectivity index (χ0) is 27.3. The third-order valence-electron chi connectivity index (χ3n) is 8.84. The van der Waals surface area contributed by atoms with Crippen LogP contribution in [0.2, 0.25) is 0 Å². The number of rotatable bonds is 5. The average molecular weight is 544 g/mol. The van der Waals surface area contributed by atoms with Gasteiger partial charge in [-0.15, -0.1) is 0 Å². The molecule has 2 aromatic rings. The van der Waals surface area contributed by atoms with Crippen LogP contribution in [0.25, 0.3) is 0 Å². The van der Waals surface area contributed by atoms with E-state index in [1.165, 1.54) is 18.2 Å². The molecule has 4 aliphatic rings. The van der Waals surface area contributed by atoms with Crippen molar-refractivity contribution < 1.29 is 32.6 Å². The number of benzene rings is 2. The Bertz CT molecular complexity index is 1250. The predicted molar refractivity (Wildman–Crippen MR) is 135 cm³/mol. The molecule has 10 heteroatoms. The van der Waals surface area contributed by atoms with Crippen LogP contribution in [0.5, 0.6) is 0 Å². The maximum absolute atomic E-state index is 14.1. The highest BCUT2D eigenvalue weighted by Crippen LogP contribution is 2.46. The Balaban J connectivity index is 1.09. The molecule has 3 amide bonds. The van der Waals surface area contributed by atoms with Gasteiger partial charge in [0.2, 0.25) is 0 Å². The number of imide groups is 1. The molecule has 4 fully saturated rings. The van der Waals surface area contributed by atoms with E-state index in [2.05, 4.69) is 10.2 Å². The van der Waals surface area contributed by atoms with E-state index in [1.54, 1.807) is 12.1 Å². The highest BCUT2D eigenvalue weighted by molar-refractivity contribution is 5.93. The molecule has 2 aromatic carbocycles. The number of aliphatic hydroxyl groups is 1. The molecule has 0 unspecified atom stereocenters. The molecule has 208 valence electrons. The van der Waals surface area contributed by atoms with Gasteiger partial charge in [0, 0.05) is 25.2 Å². The maximum Gasteiger partial charge on any atom is 0.419 e. The van der Waals surface area contributed by atoms with Gasteiger partial charge in [-0.05, 0) is 86.3 Å². The zero-order valence-corrected chi connectivity index (χ0v) is 21.5. The van der Waals surface area contributed by atoms with Crippen LogP contribution in [0.3, 0.4) is 0 Å². The monoisotopic (exact) mass is 543 g/mol. The van der Waals surface area contributed by atoms with E-state index in [0.717, 1.165) is 54.8 Å². The lowest BCUT2D eigenvalue weighted by molar-refractivity contribution is -0.0223. The molecule has 2 aliphatic heterocycles. The minimum Gasteiger partial charge on any atom is -0.443 e. The van der Waals surface area contributed by atoms with E-state index in [9.17, 15) is 27.9 Å². The number of hydrogen-bond acceptors (Lipinski definition) is 5. The van der Waals surface area contributed by atoms with Gasteiger partial charge in [0.15, 0.2) is 11.6 Å². The van der Waals surface area contributed by atoms with Crippen molar-refractivity contribution >= 4 is 12.1 Å². The van der Waals surface area contributed by atoms with Crippen LogP contribution in [0.4, 0.5) is 22.8 Å². The molecule has 3 atom stereocenters. The van der Waals surface area contributed by atoms with E-state index >= 15 is 0 Å². The molecule has 2 saturated carbocycles. The number of nitrogens with one attached hydrogen (secondary N) is 1. The van der Waals surface area contributed by atoms with Gasteiger partial charge in [-0.3, -0.25) is 4.90 Å². The first-order chi connectivity index (χ1) is 18.7. The van der Waals surface area contributed by atoms with Crippen molar-refractivity contribution in [3.05, 3.63) is 71.0 Å². The number of ether oxygens (including phenoxy) is 1. The molecule has 0 radical (unpaired) electrons. The lowest BCUT2D eigenvalue weighted by Gasteiger charge is -2.40. The Morgan fingerprint density at radius 1 is 0.974 bits per heavy atom. The fourth-order valence-corrected chi connectivity index (χ4v) is 6.50. The average Bonchev–Trinajstić information content (AvgIpc) is 3.56. The lowest BCUT2D eigenvalue weighted by Crippen LogP contribution is -2.48. The van der Waals surface area contributed by atoms with Crippen LogP contribution < -0.4 is 5.32 Å². The molecule has 2 saturated heterocycles. The van der Waals surface area contributed by atoms with Gasteiger partial charge in [-0.25, -0.2) is 27.7 Å². The molecule has 2 aliphatic carbocycles. The number of cyclic esters (lactones) is 1. The first kappa shape index (κ1) is 26.1. The van der Waals surface area contributed by atoms with Crippen molar-refractivity contribution in [1.29, 1.82) is 0 Å². The second-order valence-corrected chi connectivity index (χ2v) is 11.4. The number of carbonyl (C=O) groups excluding carboxylic acids is 2. The summed E-state index contributed by atoms with van der Waals surface area (Å²) < 4.78 is 46.5. The summed E-state index contributed by atoms with van der Waals surface area (Å²) >= 11 is 0. The summed E-state index contributed by atoms with van der Waals surface area (Å²) in [5.74, 6) is -2.27. The third-order valence-corrected chi connectivity index (χ3v) is 8.84. The van der Waals surface area contributed by atoms with Gasteiger partial charge in [-0.2, -0.15) is 0 Å². The molecule has 7 nitrogen and oxygen atoms in total. The minimum atomic E-state index is -1.04. The topological polar surface area (TPSA) is 82.1 Å². The Labute approximate surface area is 224 Å². The van der Waals surface area contributed by atoms with Crippen LogP contribution >= 0.6 is 0 Å². The van der Waals surface area contributed by atoms with Gasteiger partial charge in [-0.1, -0.05) is 18.2 Å². The fourth-order valence-electron chi connectivity index (χ4n) is 6.50. The molecule has 0 aromatic heterocycles. The molecular weight excluding hydrogens is 511 g/mol. The number of amides is 3. The smallest absolute Gasteiger partial charge is 0.419 e. The SMILES string of the molecule is O=C(N[C@@H]1CCN(C2CCC(O)(c3ccc(F)cc3)CC2)C1)N1C(=O)O[C@@H](C2CC2)[C@@H]1c1ccc(F)c(F)c1. The van der Waals surface area contributed by atoms with Crippen LogP contribution in [-0.4, -0.2) is 58.3 Å². The van der Waals surface area contributed by atoms with Crippen LogP contribution in [0.15, 0.2) is 42.5 Å². The number of carbonyl (C=O) groups is 2.